The molecule has 88 valence electrons. The number of hydrogen-bond donors (Lipinski definition) is 3. The molecular weight excluding hydrogens is 229 g/mol. The van der Waals surface area contributed by atoms with Gasteiger partial charge in [0, 0.05) is 13.5 Å². The van der Waals surface area contributed by atoms with E-state index in [0.717, 1.165) is 0 Å². The number of carbonyl (C=O) groups is 1. The summed E-state index contributed by atoms with van der Waals surface area (Å²) in [5.41, 5.74) is -0.470. The minimum Gasteiger partial charge on any atom is -0.355 e. The van der Waals surface area contributed by atoms with E-state index in [-0.39, 0.29) is 12.5 Å². The van der Waals surface area contributed by atoms with Crippen molar-refractivity contribution in [2.24, 2.45) is 0 Å². The second kappa shape index (κ2) is 5.25. The molecule has 0 aliphatic carbocycles. The number of rotatable bonds is 4. The molecule has 1 aromatic carbocycles. The SMILES string of the molecule is CC(=O)NCC(c1ccccc1)P(=O)(O)O. The Morgan fingerprint density at radius 1 is 1.38 bits per heavy atom. The molecule has 0 spiro atoms. The van der Waals surface area contributed by atoms with Crippen molar-refractivity contribution in [3.05, 3.63) is 35.9 Å². The fraction of sp³-hybridized carbons (Fsp3) is 0.300. The molecular formula is C10H14NO4P. The van der Waals surface area contributed by atoms with Crippen LogP contribution in [0.15, 0.2) is 30.3 Å². The van der Waals surface area contributed by atoms with Crippen LogP contribution in [0.4, 0.5) is 0 Å². The first-order chi connectivity index (χ1) is 7.41. The molecule has 1 aromatic rings. The van der Waals surface area contributed by atoms with Gasteiger partial charge < -0.3 is 15.1 Å². The van der Waals surface area contributed by atoms with Crippen molar-refractivity contribution in [2.75, 3.05) is 6.54 Å². The largest absolute Gasteiger partial charge is 0.355 e. The summed E-state index contributed by atoms with van der Waals surface area (Å²) < 4.78 is 11.3. The Morgan fingerprint density at radius 2 is 1.94 bits per heavy atom. The highest BCUT2D eigenvalue weighted by atomic mass is 31.2. The molecule has 0 aliphatic heterocycles. The Hall–Kier alpha value is -1.16. The number of benzene rings is 1. The quantitative estimate of drug-likeness (QED) is 0.689. The number of nitrogens with one attached hydrogen (secondary N) is 1. The van der Waals surface area contributed by atoms with Gasteiger partial charge in [-0.05, 0) is 5.56 Å². The normalized spacial score (nSPS) is 13.2. The van der Waals surface area contributed by atoms with Gasteiger partial charge in [0.15, 0.2) is 0 Å². The Morgan fingerprint density at radius 3 is 2.38 bits per heavy atom. The fourth-order valence-electron chi connectivity index (χ4n) is 1.35. The molecule has 0 saturated heterocycles. The van der Waals surface area contributed by atoms with Gasteiger partial charge in [0.1, 0.15) is 5.66 Å². The first kappa shape index (κ1) is 12.9. The van der Waals surface area contributed by atoms with E-state index in [1.54, 1.807) is 30.3 Å². The summed E-state index contributed by atoms with van der Waals surface area (Å²) in [6.45, 7) is 1.24. The monoisotopic (exact) mass is 243 g/mol. The smallest absolute Gasteiger partial charge is 0.334 e. The van der Waals surface area contributed by atoms with E-state index >= 15 is 0 Å². The summed E-state index contributed by atoms with van der Waals surface area (Å²) in [7, 11) is -4.27. The lowest BCUT2D eigenvalue weighted by Gasteiger charge is -2.18. The van der Waals surface area contributed by atoms with E-state index in [9.17, 15) is 19.1 Å². The summed E-state index contributed by atoms with van der Waals surface area (Å²) in [6, 6.07) is 8.42. The molecule has 1 unspecified atom stereocenters. The maximum Gasteiger partial charge on any atom is 0.334 e. The van der Waals surface area contributed by atoms with Gasteiger partial charge in [-0.25, -0.2) is 0 Å². The average molecular weight is 243 g/mol. The molecule has 0 radical (unpaired) electrons. The lowest BCUT2D eigenvalue weighted by molar-refractivity contribution is -0.118. The van der Waals surface area contributed by atoms with Gasteiger partial charge >= 0.3 is 7.60 Å². The first-order valence-electron chi connectivity index (χ1n) is 4.76. The molecule has 6 heteroatoms. The van der Waals surface area contributed by atoms with Gasteiger partial charge in [-0.2, -0.15) is 0 Å². The minimum atomic E-state index is -4.27. The van der Waals surface area contributed by atoms with Gasteiger partial charge in [-0.1, -0.05) is 30.3 Å². The van der Waals surface area contributed by atoms with Crippen LogP contribution in [0.5, 0.6) is 0 Å². The Labute approximate surface area is 93.7 Å². The van der Waals surface area contributed by atoms with E-state index in [1.165, 1.54) is 6.92 Å². The van der Waals surface area contributed by atoms with E-state index in [4.69, 9.17) is 0 Å². The van der Waals surface area contributed by atoms with Crippen molar-refractivity contribution in [1.82, 2.24) is 5.32 Å². The van der Waals surface area contributed by atoms with Crippen LogP contribution in [-0.2, 0) is 9.36 Å². The highest BCUT2D eigenvalue weighted by Crippen LogP contribution is 2.51. The van der Waals surface area contributed by atoms with Crippen LogP contribution in [0.3, 0.4) is 0 Å². The topological polar surface area (TPSA) is 86.6 Å². The van der Waals surface area contributed by atoms with Crippen LogP contribution in [-0.4, -0.2) is 22.2 Å². The summed E-state index contributed by atoms with van der Waals surface area (Å²) in [4.78, 5) is 29.1. The standard InChI is InChI=1S/C10H14NO4P/c1-8(12)11-7-10(16(13,14)15)9-5-3-2-4-6-9/h2-6,10H,7H2,1H3,(H,11,12)(H2,13,14,15). The molecule has 1 rings (SSSR count). The lowest BCUT2D eigenvalue weighted by Crippen LogP contribution is -2.26. The summed E-state index contributed by atoms with van der Waals surface area (Å²) in [5, 5.41) is 2.42. The van der Waals surface area contributed by atoms with Crippen LogP contribution in [0.25, 0.3) is 0 Å². The van der Waals surface area contributed by atoms with Gasteiger partial charge in [-0.3, -0.25) is 9.36 Å². The van der Waals surface area contributed by atoms with Gasteiger partial charge in [0.25, 0.3) is 0 Å². The average Bonchev–Trinajstić information content (AvgIpc) is 2.17. The summed E-state index contributed by atoms with van der Waals surface area (Å²) in [5.74, 6) is -0.311. The minimum absolute atomic E-state index is 0.0658. The highest BCUT2D eigenvalue weighted by molar-refractivity contribution is 7.52. The molecule has 0 heterocycles. The second-order valence-corrected chi connectivity index (χ2v) is 5.25. The Bertz CT molecular complexity index is 401. The zero-order valence-electron chi connectivity index (χ0n) is 8.83. The van der Waals surface area contributed by atoms with Crippen molar-refractivity contribution in [2.45, 2.75) is 12.6 Å². The highest BCUT2D eigenvalue weighted by Gasteiger charge is 2.30. The van der Waals surface area contributed by atoms with Crippen LogP contribution >= 0.6 is 7.60 Å². The zero-order chi connectivity index (χ0) is 12.2. The lowest BCUT2D eigenvalue weighted by atomic mass is 10.1. The zero-order valence-corrected chi connectivity index (χ0v) is 9.72. The fourth-order valence-corrected chi connectivity index (χ4v) is 2.24. The number of carbonyl (C=O) groups excluding carboxylic acids is 1. The molecule has 3 N–H and O–H groups in total. The third-order valence-electron chi connectivity index (χ3n) is 2.13. The molecule has 0 aromatic heterocycles. The molecule has 16 heavy (non-hydrogen) atoms. The molecule has 1 amide bonds. The second-order valence-electron chi connectivity index (χ2n) is 3.45. The van der Waals surface area contributed by atoms with Crippen LogP contribution in [0.1, 0.15) is 18.1 Å². The van der Waals surface area contributed by atoms with Crippen molar-refractivity contribution in [3.63, 3.8) is 0 Å². The predicted octanol–water partition coefficient (Wildman–Crippen LogP) is 1.04. The van der Waals surface area contributed by atoms with Crippen molar-refractivity contribution in [1.29, 1.82) is 0 Å². The summed E-state index contributed by atoms with van der Waals surface area (Å²) >= 11 is 0. The maximum atomic E-state index is 11.3. The third-order valence-corrected chi connectivity index (χ3v) is 3.43. The van der Waals surface area contributed by atoms with Gasteiger partial charge in [-0.15, -0.1) is 0 Å². The molecule has 1 atom stereocenters. The molecule has 0 bridgehead atoms. The predicted molar refractivity (Wildman–Crippen MR) is 59.9 cm³/mol. The van der Waals surface area contributed by atoms with Gasteiger partial charge in [0.2, 0.25) is 5.91 Å². The van der Waals surface area contributed by atoms with Gasteiger partial charge in [0.05, 0.1) is 0 Å². The number of hydrogen-bond acceptors (Lipinski definition) is 2. The van der Waals surface area contributed by atoms with E-state index < -0.39 is 13.3 Å². The van der Waals surface area contributed by atoms with Crippen molar-refractivity contribution < 1.29 is 19.1 Å². The van der Waals surface area contributed by atoms with Crippen LogP contribution < -0.4 is 5.32 Å². The maximum absolute atomic E-state index is 11.3. The molecule has 0 saturated carbocycles. The summed E-state index contributed by atoms with van der Waals surface area (Å²) in [6.07, 6.45) is 0. The van der Waals surface area contributed by atoms with Crippen molar-refractivity contribution >= 4 is 13.5 Å². The van der Waals surface area contributed by atoms with Crippen molar-refractivity contribution in [3.8, 4) is 0 Å². The number of amides is 1. The van der Waals surface area contributed by atoms with Crippen LogP contribution in [0.2, 0.25) is 0 Å². The van der Waals surface area contributed by atoms with E-state index in [0.29, 0.717) is 5.56 Å². The Balaban J connectivity index is 2.89. The van der Waals surface area contributed by atoms with E-state index in [2.05, 4.69) is 5.32 Å². The van der Waals surface area contributed by atoms with E-state index in [1.807, 2.05) is 0 Å². The molecule has 5 nitrogen and oxygen atoms in total. The molecule has 0 fully saturated rings. The molecule has 0 aliphatic rings. The first-order valence-corrected chi connectivity index (χ1v) is 6.44. The Kier molecular flexibility index (Phi) is 4.24. The third kappa shape index (κ3) is 3.77. The van der Waals surface area contributed by atoms with Crippen LogP contribution in [0, 0.1) is 0 Å².